The fraction of sp³-hybridized carbons (Fsp3) is 0.158. The van der Waals surface area contributed by atoms with Gasteiger partial charge in [0.1, 0.15) is 5.75 Å². The Hall–Kier alpha value is -2.73. The first kappa shape index (κ1) is 15.8. The van der Waals surface area contributed by atoms with E-state index in [1.54, 1.807) is 11.8 Å². The molecule has 0 aliphatic rings. The van der Waals surface area contributed by atoms with Crippen molar-refractivity contribution in [2.75, 3.05) is 12.9 Å². The lowest BCUT2D eigenvalue weighted by Crippen LogP contribution is -1.99. The fourth-order valence-electron chi connectivity index (χ4n) is 2.92. The second kappa shape index (κ2) is 6.64. The smallest absolute Gasteiger partial charge is 0.195 e. The minimum absolute atomic E-state index is 0.655. The quantitative estimate of drug-likeness (QED) is 0.537. The molecular weight excluding hydrogens is 332 g/mol. The monoisotopic (exact) mass is 350 g/mol. The maximum atomic E-state index is 5.54. The van der Waals surface area contributed by atoms with Crippen molar-refractivity contribution < 1.29 is 4.74 Å². The normalized spacial score (nSPS) is 11.1. The zero-order chi connectivity index (χ0) is 17.2. The van der Waals surface area contributed by atoms with E-state index in [1.807, 2.05) is 55.8 Å². The van der Waals surface area contributed by atoms with Crippen LogP contribution in [0.5, 0.6) is 5.75 Å². The molecule has 4 rings (SSSR count). The number of nitrogens with one attached hydrogen (secondary N) is 1. The van der Waals surface area contributed by atoms with Crippen LogP contribution in [-0.4, -0.2) is 32.6 Å². The Balaban J connectivity index is 1.86. The van der Waals surface area contributed by atoms with Crippen molar-refractivity contribution in [1.29, 1.82) is 0 Å². The Kier molecular flexibility index (Phi) is 4.19. The molecule has 0 fully saturated rings. The topological polar surface area (TPSA) is 55.7 Å². The molecule has 0 atom stereocenters. The maximum Gasteiger partial charge on any atom is 0.195 e. The van der Waals surface area contributed by atoms with Crippen LogP contribution in [0.4, 0.5) is 0 Å². The van der Waals surface area contributed by atoms with Crippen LogP contribution in [0, 0.1) is 0 Å². The van der Waals surface area contributed by atoms with Gasteiger partial charge in [-0.05, 0) is 43.5 Å². The van der Waals surface area contributed by atoms with Crippen LogP contribution < -0.4 is 4.74 Å². The lowest BCUT2D eigenvalue weighted by atomic mass is 10.1. The highest BCUT2D eigenvalue weighted by molar-refractivity contribution is 7.98. The van der Waals surface area contributed by atoms with Crippen molar-refractivity contribution in [3.8, 4) is 22.8 Å². The van der Waals surface area contributed by atoms with Gasteiger partial charge in [-0.2, -0.15) is 0 Å². The van der Waals surface area contributed by atoms with Crippen LogP contribution in [-0.2, 0) is 0 Å². The van der Waals surface area contributed by atoms with Crippen molar-refractivity contribution >= 4 is 22.7 Å². The molecule has 2 heterocycles. The Morgan fingerprint density at radius 3 is 2.64 bits per heavy atom. The third kappa shape index (κ3) is 2.78. The summed E-state index contributed by atoms with van der Waals surface area (Å²) in [5, 5.41) is 10.8. The van der Waals surface area contributed by atoms with Crippen molar-refractivity contribution in [1.82, 2.24) is 19.7 Å². The van der Waals surface area contributed by atoms with Crippen LogP contribution in [0.3, 0.4) is 0 Å². The van der Waals surface area contributed by atoms with Gasteiger partial charge < -0.3 is 9.72 Å². The zero-order valence-electron chi connectivity index (χ0n) is 14.1. The summed E-state index contributed by atoms with van der Waals surface area (Å²) >= 11 is 1.58. The van der Waals surface area contributed by atoms with E-state index in [4.69, 9.17) is 4.74 Å². The molecule has 0 amide bonds. The number of nitrogens with zero attached hydrogens (tertiary/aromatic N) is 3. The van der Waals surface area contributed by atoms with E-state index in [9.17, 15) is 0 Å². The SMILES string of the molecule is CCOc1ccc(-n2c(SC)nnc2-c2c[nH]c3ccccc23)cc1. The summed E-state index contributed by atoms with van der Waals surface area (Å²) in [6.07, 6.45) is 4.00. The molecule has 126 valence electrons. The summed E-state index contributed by atoms with van der Waals surface area (Å²) < 4.78 is 7.62. The van der Waals surface area contributed by atoms with Crippen LogP contribution in [0.1, 0.15) is 6.92 Å². The van der Waals surface area contributed by atoms with Gasteiger partial charge in [0.15, 0.2) is 11.0 Å². The van der Waals surface area contributed by atoms with Crippen molar-refractivity contribution in [2.24, 2.45) is 0 Å². The molecule has 25 heavy (non-hydrogen) atoms. The molecular formula is C19H18N4OS. The van der Waals surface area contributed by atoms with Crippen molar-refractivity contribution in [3.05, 3.63) is 54.7 Å². The summed E-state index contributed by atoms with van der Waals surface area (Å²) in [7, 11) is 0. The molecule has 0 spiro atoms. The number of hydrogen-bond acceptors (Lipinski definition) is 4. The third-order valence-corrected chi connectivity index (χ3v) is 4.68. The maximum absolute atomic E-state index is 5.54. The number of aromatic amines is 1. The molecule has 4 aromatic rings. The standard InChI is InChI=1S/C19H18N4OS/c1-3-24-14-10-8-13(9-11-14)23-18(21-22-19(23)25-2)16-12-20-17-7-5-4-6-15(16)17/h4-12,20H,3H2,1-2H3. The predicted octanol–water partition coefficient (Wildman–Crippen LogP) is 4.54. The van der Waals surface area contributed by atoms with Crippen LogP contribution >= 0.6 is 11.8 Å². The molecule has 2 aromatic carbocycles. The average molecular weight is 350 g/mol. The second-order valence-corrected chi connectivity index (χ2v) is 6.29. The first-order valence-electron chi connectivity index (χ1n) is 8.11. The lowest BCUT2D eigenvalue weighted by molar-refractivity contribution is 0.340. The lowest BCUT2D eigenvalue weighted by Gasteiger charge is -2.10. The molecule has 0 saturated heterocycles. The van der Waals surface area contributed by atoms with Gasteiger partial charge in [-0.15, -0.1) is 10.2 Å². The van der Waals surface area contributed by atoms with E-state index < -0.39 is 0 Å². The molecule has 0 radical (unpaired) electrons. The van der Waals surface area contributed by atoms with E-state index in [0.29, 0.717) is 6.61 Å². The minimum Gasteiger partial charge on any atom is -0.494 e. The number of rotatable bonds is 5. The Morgan fingerprint density at radius 2 is 1.88 bits per heavy atom. The first-order valence-corrected chi connectivity index (χ1v) is 9.33. The number of benzene rings is 2. The third-order valence-electron chi connectivity index (χ3n) is 4.05. The molecule has 0 aliphatic heterocycles. The molecule has 0 unspecified atom stereocenters. The first-order chi connectivity index (χ1) is 12.3. The summed E-state index contributed by atoms with van der Waals surface area (Å²) in [4.78, 5) is 3.31. The molecule has 0 bridgehead atoms. The number of thioether (sulfide) groups is 1. The van der Waals surface area contributed by atoms with Crippen LogP contribution in [0.25, 0.3) is 28.0 Å². The highest BCUT2D eigenvalue weighted by Gasteiger charge is 2.18. The van der Waals surface area contributed by atoms with Gasteiger partial charge in [0.05, 0.1) is 6.61 Å². The van der Waals surface area contributed by atoms with Gasteiger partial charge >= 0.3 is 0 Å². The Bertz CT molecular complexity index is 1000. The van der Waals surface area contributed by atoms with E-state index in [2.05, 4.69) is 31.9 Å². The molecule has 0 aliphatic carbocycles. The molecule has 2 aromatic heterocycles. The largest absolute Gasteiger partial charge is 0.494 e. The second-order valence-electron chi connectivity index (χ2n) is 5.52. The highest BCUT2D eigenvalue weighted by atomic mass is 32.2. The number of H-pyrrole nitrogens is 1. The summed E-state index contributed by atoms with van der Waals surface area (Å²) in [6, 6.07) is 16.2. The number of hydrogen-bond donors (Lipinski definition) is 1. The van der Waals surface area contributed by atoms with Gasteiger partial charge in [0, 0.05) is 28.4 Å². The number of fused-ring (bicyclic) bond motifs is 1. The summed E-state index contributed by atoms with van der Waals surface area (Å²) in [5.74, 6) is 1.68. The molecule has 0 saturated carbocycles. The number of para-hydroxylation sites is 1. The predicted molar refractivity (Wildman–Crippen MR) is 102 cm³/mol. The van der Waals surface area contributed by atoms with E-state index in [1.165, 1.54) is 0 Å². The van der Waals surface area contributed by atoms with Gasteiger partial charge in [0.25, 0.3) is 0 Å². The van der Waals surface area contributed by atoms with Gasteiger partial charge in [0.2, 0.25) is 0 Å². The molecule has 6 heteroatoms. The zero-order valence-corrected chi connectivity index (χ0v) is 14.9. The van der Waals surface area contributed by atoms with E-state index >= 15 is 0 Å². The Labute approximate surface area is 150 Å². The van der Waals surface area contributed by atoms with Gasteiger partial charge in [-0.25, -0.2) is 0 Å². The van der Waals surface area contributed by atoms with Gasteiger partial charge in [-0.1, -0.05) is 30.0 Å². The van der Waals surface area contributed by atoms with E-state index in [-0.39, 0.29) is 0 Å². The highest BCUT2D eigenvalue weighted by Crippen LogP contribution is 2.32. The molecule has 1 N–H and O–H groups in total. The molecule has 5 nitrogen and oxygen atoms in total. The van der Waals surface area contributed by atoms with E-state index in [0.717, 1.165) is 38.9 Å². The summed E-state index contributed by atoms with van der Waals surface area (Å²) in [6.45, 7) is 2.64. The fourth-order valence-corrected chi connectivity index (χ4v) is 3.42. The Morgan fingerprint density at radius 1 is 1.08 bits per heavy atom. The summed E-state index contributed by atoms with van der Waals surface area (Å²) in [5.41, 5.74) is 3.14. The van der Waals surface area contributed by atoms with Crippen LogP contribution in [0.2, 0.25) is 0 Å². The average Bonchev–Trinajstić information content (AvgIpc) is 3.26. The number of ether oxygens (including phenoxy) is 1. The van der Waals surface area contributed by atoms with Crippen molar-refractivity contribution in [3.63, 3.8) is 0 Å². The van der Waals surface area contributed by atoms with Crippen molar-refractivity contribution in [2.45, 2.75) is 12.1 Å². The van der Waals surface area contributed by atoms with Gasteiger partial charge in [-0.3, -0.25) is 4.57 Å². The minimum atomic E-state index is 0.655. The van der Waals surface area contributed by atoms with Crippen LogP contribution in [0.15, 0.2) is 59.9 Å². The number of aromatic nitrogens is 4.